The van der Waals surface area contributed by atoms with Gasteiger partial charge in [-0.05, 0) is 73.1 Å². The molecule has 0 aromatic heterocycles. The number of hydrogen-bond acceptors (Lipinski definition) is 4. The van der Waals surface area contributed by atoms with Gasteiger partial charge in [-0.1, -0.05) is 6.92 Å². The number of hydroxylamine groups is 4. The molecular formula is C16H32N2O2. The fourth-order valence-electron chi connectivity index (χ4n) is 5.32. The van der Waals surface area contributed by atoms with Gasteiger partial charge in [-0.3, -0.25) is 0 Å². The van der Waals surface area contributed by atoms with E-state index in [-0.39, 0.29) is 22.2 Å². The van der Waals surface area contributed by atoms with E-state index < -0.39 is 0 Å². The van der Waals surface area contributed by atoms with E-state index in [0.29, 0.717) is 5.92 Å². The Hall–Kier alpha value is -0.160. The van der Waals surface area contributed by atoms with Crippen molar-refractivity contribution in [3.05, 3.63) is 0 Å². The van der Waals surface area contributed by atoms with Crippen LogP contribution in [0.15, 0.2) is 0 Å². The molecule has 0 aromatic carbocycles. The second-order valence-corrected chi connectivity index (χ2v) is 9.15. The van der Waals surface area contributed by atoms with Gasteiger partial charge in [0.1, 0.15) is 0 Å². The molecule has 4 nitrogen and oxygen atoms in total. The Bertz CT molecular complexity index is 372. The molecule has 0 amide bonds. The Morgan fingerprint density at radius 2 is 1.20 bits per heavy atom. The molecule has 2 heterocycles. The summed E-state index contributed by atoms with van der Waals surface area (Å²) in [5, 5.41) is 24.5. The molecule has 2 saturated heterocycles. The number of hydrogen-bond donors (Lipinski definition) is 2. The molecule has 4 heteroatoms. The summed E-state index contributed by atoms with van der Waals surface area (Å²) in [7, 11) is 0. The van der Waals surface area contributed by atoms with Crippen LogP contribution in [0.3, 0.4) is 0 Å². The average Bonchev–Trinajstić information content (AvgIpc) is 2.21. The van der Waals surface area contributed by atoms with Crippen molar-refractivity contribution < 1.29 is 10.4 Å². The molecule has 1 atom stereocenters. The van der Waals surface area contributed by atoms with Crippen molar-refractivity contribution in [3.63, 3.8) is 0 Å². The van der Waals surface area contributed by atoms with Crippen molar-refractivity contribution in [1.82, 2.24) is 10.1 Å². The quantitative estimate of drug-likeness (QED) is 0.712. The summed E-state index contributed by atoms with van der Waals surface area (Å²) in [6.07, 6.45) is 3.57. The molecule has 2 fully saturated rings. The van der Waals surface area contributed by atoms with Crippen LogP contribution >= 0.6 is 0 Å². The lowest BCUT2D eigenvalue weighted by atomic mass is 9.63. The molecule has 1 spiro atoms. The van der Waals surface area contributed by atoms with Crippen molar-refractivity contribution in [2.24, 2.45) is 5.92 Å². The molecule has 118 valence electrons. The van der Waals surface area contributed by atoms with Gasteiger partial charge in [0.2, 0.25) is 0 Å². The maximum atomic E-state index is 10.9. The van der Waals surface area contributed by atoms with Crippen molar-refractivity contribution in [2.45, 2.75) is 96.3 Å². The minimum atomic E-state index is -0.337. The van der Waals surface area contributed by atoms with Crippen molar-refractivity contribution in [1.29, 1.82) is 0 Å². The van der Waals surface area contributed by atoms with Crippen LogP contribution in [0.25, 0.3) is 0 Å². The summed E-state index contributed by atoms with van der Waals surface area (Å²) in [5.41, 5.74) is -1.12. The SMILES string of the molecule is CC1CC(C)(C)N(O)C2(C1)CC(C)(C)N(O)C(C)(C)C2. The Labute approximate surface area is 123 Å². The third kappa shape index (κ3) is 2.41. The molecule has 2 rings (SSSR count). The lowest BCUT2D eigenvalue weighted by Gasteiger charge is -2.63. The maximum absolute atomic E-state index is 10.9. The molecular weight excluding hydrogens is 252 g/mol. The van der Waals surface area contributed by atoms with E-state index in [9.17, 15) is 10.4 Å². The highest BCUT2D eigenvalue weighted by Crippen LogP contribution is 2.52. The van der Waals surface area contributed by atoms with E-state index >= 15 is 0 Å². The largest absolute Gasteiger partial charge is 0.313 e. The lowest BCUT2D eigenvalue weighted by Crippen LogP contribution is -2.72. The van der Waals surface area contributed by atoms with Gasteiger partial charge in [-0.15, -0.1) is 0 Å². The van der Waals surface area contributed by atoms with Crippen LogP contribution < -0.4 is 0 Å². The first-order valence-corrected chi connectivity index (χ1v) is 7.81. The number of rotatable bonds is 0. The molecule has 0 aliphatic carbocycles. The topological polar surface area (TPSA) is 46.9 Å². The van der Waals surface area contributed by atoms with Gasteiger partial charge in [-0.2, -0.15) is 10.1 Å². The zero-order valence-corrected chi connectivity index (χ0v) is 14.2. The molecule has 1 unspecified atom stereocenters. The zero-order chi connectivity index (χ0) is 15.6. The van der Waals surface area contributed by atoms with Gasteiger partial charge in [0.15, 0.2) is 0 Å². The van der Waals surface area contributed by atoms with E-state index in [0.717, 1.165) is 25.7 Å². The van der Waals surface area contributed by atoms with Crippen LogP contribution in [0, 0.1) is 5.92 Å². The van der Waals surface area contributed by atoms with Crippen LogP contribution in [0.5, 0.6) is 0 Å². The standard InChI is InChI=1S/C16H32N2O2/c1-12-8-13(2,3)18(20)16(9-12)10-14(4,5)17(19)15(6,7)11-16/h12,19-20H,8-11H2,1-7H3. The normalized spacial score (nSPS) is 36.1. The van der Waals surface area contributed by atoms with Gasteiger partial charge in [0.05, 0.1) is 5.54 Å². The Kier molecular flexibility index (Phi) is 3.58. The predicted octanol–water partition coefficient (Wildman–Crippen LogP) is 3.67. The summed E-state index contributed by atoms with van der Waals surface area (Å²) in [5.74, 6) is 0.588. The van der Waals surface area contributed by atoms with Crippen LogP contribution in [-0.2, 0) is 0 Å². The van der Waals surface area contributed by atoms with Crippen molar-refractivity contribution >= 4 is 0 Å². The van der Waals surface area contributed by atoms with Crippen LogP contribution in [0.1, 0.15) is 74.1 Å². The van der Waals surface area contributed by atoms with E-state index in [2.05, 4.69) is 48.5 Å². The number of piperidine rings is 2. The summed E-state index contributed by atoms with van der Waals surface area (Å²) >= 11 is 0. The third-order valence-electron chi connectivity index (χ3n) is 5.27. The highest BCUT2D eigenvalue weighted by atomic mass is 16.5. The summed E-state index contributed by atoms with van der Waals surface area (Å²) < 4.78 is 0. The lowest BCUT2D eigenvalue weighted by molar-refractivity contribution is -0.327. The fourth-order valence-corrected chi connectivity index (χ4v) is 5.32. The second-order valence-electron chi connectivity index (χ2n) is 9.15. The summed E-state index contributed by atoms with van der Waals surface area (Å²) in [4.78, 5) is 0. The van der Waals surface area contributed by atoms with E-state index in [1.165, 1.54) is 5.06 Å². The third-order valence-corrected chi connectivity index (χ3v) is 5.27. The molecule has 20 heavy (non-hydrogen) atoms. The van der Waals surface area contributed by atoms with Crippen LogP contribution in [0.4, 0.5) is 0 Å². The molecule has 0 radical (unpaired) electrons. The fraction of sp³-hybridized carbons (Fsp3) is 1.00. The van der Waals surface area contributed by atoms with E-state index in [4.69, 9.17) is 0 Å². The minimum Gasteiger partial charge on any atom is -0.313 e. The average molecular weight is 284 g/mol. The Morgan fingerprint density at radius 3 is 1.65 bits per heavy atom. The van der Waals surface area contributed by atoms with Crippen LogP contribution in [-0.4, -0.2) is 42.7 Å². The first-order valence-electron chi connectivity index (χ1n) is 7.81. The van der Waals surface area contributed by atoms with Crippen LogP contribution in [0.2, 0.25) is 0 Å². The molecule has 0 bridgehead atoms. The predicted molar refractivity (Wildman–Crippen MR) is 79.9 cm³/mol. The minimum absolute atomic E-state index is 0.207. The van der Waals surface area contributed by atoms with E-state index in [1.54, 1.807) is 5.06 Å². The summed E-state index contributed by atoms with van der Waals surface area (Å²) in [6.45, 7) is 14.8. The summed E-state index contributed by atoms with van der Waals surface area (Å²) in [6, 6.07) is 0. The molecule has 2 aliphatic rings. The highest BCUT2D eigenvalue weighted by molar-refractivity contribution is 5.11. The Morgan fingerprint density at radius 1 is 0.750 bits per heavy atom. The molecule has 2 aliphatic heterocycles. The zero-order valence-electron chi connectivity index (χ0n) is 14.2. The number of nitrogens with zero attached hydrogens (tertiary/aromatic N) is 2. The van der Waals surface area contributed by atoms with Gasteiger partial charge in [-0.25, -0.2) is 0 Å². The molecule has 0 saturated carbocycles. The Balaban J connectivity index is 2.43. The van der Waals surface area contributed by atoms with Gasteiger partial charge >= 0.3 is 0 Å². The van der Waals surface area contributed by atoms with E-state index in [1.807, 2.05) is 0 Å². The molecule has 0 aromatic rings. The molecule has 2 N–H and O–H groups in total. The van der Waals surface area contributed by atoms with Gasteiger partial charge < -0.3 is 10.4 Å². The first-order chi connectivity index (χ1) is 8.82. The smallest absolute Gasteiger partial charge is 0.0505 e. The second kappa shape index (κ2) is 4.42. The van der Waals surface area contributed by atoms with Crippen molar-refractivity contribution in [2.75, 3.05) is 0 Å². The first kappa shape index (κ1) is 16.2. The van der Waals surface area contributed by atoms with Gasteiger partial charge in [0, 0.05) is 16.6 Å². The maximum Gasteiger partial charge on any atom is 0.0505 e. The monoisotopic (exact) mass is 284 g/mol. The highest BCUT2D eigenvalue weighted by Gasteiger charge is 2.59. The van der Waals surface area contributed by atoms with Gasteiger partial charge in [0.25, 0.3) is 0 Å². The van der Waals surface area contributed by atoms with Crippen molar-refractivity contribution in [3.8, 4) is 0 Å².